The van der Waals surface area contributed by atoms with Gasteiger partial charge in [0.1, 0.15) is 16.8 Å². The summed E-state index contributed by atoms with van der Waals surface area (Å²) in [5.74, 6) is -0.492. The fourth-order valence-corrected chi connectivity index (χ4v) is 4.69. The summed E-state index contributed by atoms with van der Waals surface area (Å²) in [5, 5.41) is 8.32. The van der Waals surface area contributed by atoms with Crippen LogP contribution in [0.5, 0.6) is 11.6 Å². The van der Waals surface area contributed by atoms with E-state index < -0.39 is 27.0 Å². The monoisotopic (exact) mass is 442 g/mol. The maximum absolute atomic E-state index is 12.7. The Balaban J connectivity index is 1.76. The third-order valence-electron chi connectivity index (χ3n) is 4.23. The molecule has 1 aliphatic carbocycles. The number of nitrogens with zero attached hydrogens (tertiary/aromatic N) is 4. The summed E-state index contributed by atoms with van der Waals surface area (Å²) in [6.07, 6.45) is -3.04. The van der Waals surface area contributed by atoms with Gasteiger partial charge in [0.05, 0.1) is 21.8 Å². The summed E-state index contributed by atoms with van der Waals surface area (Å²) in [4.78, 5) is 7.60. The van der Waals surface area contributed by atoms with Gasteiger partial charge in [-0.25, -0.2) is 22.4 Å². The first-order valence-corrected chi connectivity index (χ1v) is 10.1. The molecule has 3 aromatic rings. The Morgan fingerprint density at radius 2 is 2.00 bits per heavy atom. The molecule has 2 aromatic heterocycles. The highest BCUT2D eigenvalue weighted by molar-refractivity contribution is 7.91. The van der Waals surface area contributed by atoms with Gasteiger partial charge in [0, 0.05) is 12.3 Å². The van der Waals surface area contributed by atoms with E-state index in [4.69, 9.17) is 16.3 Å². The number of fused-ring (bicyclic) bond motifs is 1. The fraction of sp³-hybridized carbons (Fsp3) is 0.235. The molecule has 12 heteroatoms. The Morgan fingerprint density at radius 3 is 2.59 bits per heavy atom. The van der Waals surface area contributed by atoms with Crippen LogP contribution in [-0.4, -0.2) is 27.6 Å². The lowest BCUT2D eigenvalue weighted by Gasteiger charge is -2.11. The molecule has 0 atom stereocenters. The third-order valence-corrected chi connectivity index (χ3v) is 6.70. The van der Waals surface area contributed by atoms with Crippen molar-refractivity contribution >= 4 is 32.7 Å². The van der Waals surface area contributed by atoms with E-state index in [1.54, 1.807) is 6.07 Å². The largest absolute Gasteiger partial charge is 0.437 e. The molecule has 0 N–H and O–H groups in total. The van der Waals surface area contributed by atoms with Crippen LogP contribution in [0.4, 0.5) is 13.2 Å². The third kappa shape index (κ3) is 3.49. The second kappa shape index (κ2) is 6.60. The number of alkyl halides is 3. The van der Waals surface area contributed by atoms with Crippen molar-refractivity contribution in [3.63, 3.8) is 0 Å². The average molecular weight is 443 g/mol. The van der Waals surface area contributed by atoms with Gasteiger partial charge >= 0.3 is 6.18 Å². The SMILES string of the molecule is N#Cc1nc2ccc(Oc3ncc(C(F)(F)F)cc3Cl)cc2n1S(=O)(=O)C1CC1. The number of aromatic nitrogens is 3. The molecule has 0 radical (unpaired) electrons. The lowest BCUT2D eigenvalue weighted by molar-refractivity contribution is -0.137. The van der Waals surface area contributed by atoms with Crippen LogP contribution in [0.2, 0.25) is 5.02 Å². The number of pyridine rings is 1. The molecule has 0 spiro atoms. The molecule has 150 valence electrons. The maximum Gasteiger partial charge on any atom is 0.417 e. The van der Waals surface area contributed by atoms with E-state index in [0.717, 1.165) is 3.97 Å². The maximum atomic E-state index is 12.7. The minimum atomic E-state index is -4.61. The minimum absolute atomic E-state index is 0.0725. The molecule has 29 heavy (non-hydrogen) atoms. The second-order valence-electron chi connectivity index (χ2n) is 6.32. The minimum Gasteiger partial charge on any atom is -0.437 e. The Morgan fingerprint density at radius 1 is 1.28 bits per heavy atom. The van der Waals surface area contributed by atoms with E-state index in [2.05, 4.69) is 9.97 Å². The topological polar surface area (TPSA) is 97.9 Å². The van der Waals surface area contributed by atoms with Crippen molar-refractivity contribution in [2.24, 2.45) is 0 Å². The lowest BCUT2D eigenvalue weighted by atomic mass is 10.3. The van der Waals surface area contributed by atoms with Crippen molar-refractivity contribution < 1.29 is 26.3 Å². The molecule has 2 heterocycles. The van der Waals surface area contributed by atoms with Crippen LogP contribution in [0.1, 0.15) is 24.2 Å². The Bertz CT molecular complexity index is 1280. The molecule has 1 saturated carbocycles. The van der Waals surface area contributed by atoms with Gasteiger partial charge in [0.25, 0.3) is 0 Å². The summed E-state index contributed by atoms with van der Waals surface area (Å²) in [7, 11) is -3.80. The van der Waals surface area contributed by atoms with E-state index in [1.165, 1.54) is 18.2 Å². The number of benzene rings is 1. The van der Waals surface area contributed by atoms with Crippen molar-refractivity contribution in [3.05, 3.63) is 46.9 Å². The first-order valence-electron chi connectivity index (χ1n) is 8.19. The van der Waals surface area contributed by atoms with Crippen LogP contribution in [0.15, 0.2) is 30.5 Å². The van der Waals surface area contributed by atoms with E-state index in [9.17, 15) is 26.9 Å². The molecule has 7 nitrogen and oxygen atoms in total. The predicted molar refractivity (Wildman–Crippen MR) is 96.1 cm³/mol. The van der Waals surface area contributed by atoms with Gasteiger partial charge in [0.2, 0.25) is 21.7 Å². The van der Waals surface area contributed by atoms with Gasteiger partial charge in [-0.3, -0.25) is 0 Å². The molecule has 0 unspecified atom stereocenters. The normalized spacial score (nSPS) is 14.7. The smallest absolute Gasteiger partial charge is 0.417 e. The van der Waals surface area contributed by atoms with Crippen molar-refractivity contribution in [2.45, 2.75) is 24.3 Å². The molecular formula is C17H10ClF3N4O3S. The van der Waals surface area contributed by atoms with Crippen molar-refractivity contribution in [1.29, 1.82) is 5.26 Å². The first kappa shape index (κ1) is 19.5. The molecule has 1 aromatic carbocycles. The van der Waals surface area contributed by atoms with E-state index in [-0.39, 0.29) is 33.5 Å². The highest BCUT2D eigenvalue weighted by Gasteiger charge is 2.39. The summed E-state index contributed by atoms with van der Waals surface area (Å²) in [6.45, 7) is 0. The van der Waals surface area contributed by atoms with Crippen LogP contribution in [-0.2, 0) is 16.2 Å². The van der Waals surface area contributed by atoms with Crippen LogP contribution in [0.3, 0.4) is 0 Å². The van der Waals surface area contributed by atoms with E-state index >= 15 is 0 Å². The molecule has 4 rings (SSSR count). The van der Waals surface area contributed by atoms with Gasteiger partial charge < -0.3 is 4.74 Å². The summed E-state index contributed by atoms with van der Waals surface area (Å²) in [6, 6.07) is 6.61. The van der Waals surface area contributed by atoms with E-state index in [1.807, 2.05) is 0 Å². The molecule has 0 saturated heterocycles. The van der Waals surface area contributed by atoms with E-state index in [0.29, 0.717) is 25.1 Å². The number of hydrogen-bond donors (Lipinski definition) is 0. The van der Waals surface area contributed by atoms with Crippen LogP contribution >= 0.6 is 11.6 Å². The average Bonchev–Trinajstić information content (AvgIpc) is 3.44. The van der Waals surface area contributed by atoms with Gasteiger partial charge in [-0.1, -0.05) is 11.6 Å². The quantitative estimate of drug-likeness (QED) is 0.603. The Labute approximate surface area is 167 Å². The summed E-state index contributed by atoms with van der Waals surface area (Å²) in [5.41, 5.74) is -0.656. The van der Waals surface area contributed by atoms with Crippen molar-refractivity contribution in [2.75, 3.05) is 0 Å². The molecular weight excluding hydrogens is 433 g/mol. The molecule has 1 aliphatic rings. The summed E-state index contributed by atoms with van der Waals surface area (Å²) >= 11 is 5.84. The number of halogens is 4. The van der Waals surface area contributed by atoms with Crippen LogP contribution < -0.4 is 4.74 Å². The van der Waals surface area contributed by atoms with Crippen LogP contribution in [0.25, 0.3) is 11.0 Å². The second-order valence-corrected chi connectivity index (χ2v) is 8.79. The number of nitriles is 1. The van der Waals surface area contributed by atoms with Gasteiger partial charge in [0.15, 0.2) is 0 Å². The molecule has 0 amide bonds. The number of imidazole rings is 1. The lowest BCUT2D eigenvalue weighted by Crippen LogP contribution is -2.19. The predicted octanol–water partition coefficient (Wildman–Crippen LogP) is 4.11. The first-order chi connectivity index (χ1) is 13.6. The van der Waals surface area contributed by atoms with Gasteiger partial charge in [-0.05, 0) is 31.0 Å². The zero-order valence-corrected chi connectivity index (χ0v) is 15.9. The van der Waals surface area contributed by atoms with Crippen LogP contribution in [0, 0.1) is 11.3 Å². The number of ether oxygens (including phenoxy) is 1. The molecule has 1 fully saturated rings. The Kier molecular flexibility index (Phi) is 4.43. The standard InChI is InChI=1S/C17H10ClF3N4O3S/c18-12-5-9(17(19,20)21)8-23-16(12)28-10-1-4-13-14(6-10)25(15(7-22)24-13)29(26,27)11-2-3-11/h1,4-6,8,11H,2-3H2. The van der Waals surface area contributed by atoms with Gasteiger partial charge in [-0.2, -0.15) is 18.4 Å². The highest BCUT2D eigenvalue weighted by atomic mass is 35.5. The molecule has 0 aliphatic heterocycles. The van der Waals surface area contributed by atoms with Gasteiger partial charge in [-0.15, -0.1) is 0 Å². The number of rotatable bonds is 4. The van der Waals surface area contributed by atoms with Crippen molar-refractivity contribution in [1.82, 2.24) is 13.9 Å². The summed E-state index contributed by atoms with van der Waals surface area (Å²) < 4.78 is 69.9. The highest BCUT2D eigenvalue weighted by Crippen LogP contribution is 2.36. The zero-order chi connectivity index (χ0) is 21.0. The Hall–Kier alpha value is -2.84. The van der Waals surface area contributed by atoms with Crippen molar-refractivity contribution in [3.8, 4) is 17.7 Å². The number of hydrogen-bond acceptors (Lipinski definition) is 6. The fourth-order valence-electron chi connectivity index (χ4n) is 2.71. The zero-order valence-electron chi connectivity index (χ0n) is 14.3. The molecule has 0 bridgehead atoms.